The fourth-order valence-corrected chi connectivity index (χ4v) is 3.49. The van der Waals surface area contributed by atoms with Crippen molar-refractivity contribution in [3.63, 3.8) is 0 Å². The van der Waals surface area contributed by atoms with Gasteiger partial charge in [-0.1, -0.05) is 0 Å². The van der Waals surface area contributed by atoms with Crippen LogP contribution in [0.3, 0.4) is 0 Å². The maximum atomic E-state index is 14.2. The van der Waals surface area contributed by atoms with Crippen molar-refractivity contribution in [2.24, 2.45) is 0 Å². The first kappa shape index (κ1) is 17.5. The van der Waals surface area contributed by atoms with Crippen LogP contribution in [0.2, 0.25) is 0 Å². The Morgan fingerprint density at radius 1 is 1.15 bits per heavy atom. The monoisotopic (exact) mass is 365 g/mol. The van der Waals surface area contributed by atoms with E-state index in [1.807, 2.05) is 0 Å². The number of fused-ring (bicyclic) bond motifs is 1. The Morgan fingerprint density at radius 3 is 2.78 bits per heavy atom. The van der Waals surface area contributed by atoms with Crippen molar-refractivity contribution in [1.29, 1.82) is 0 Å². The number of halogens is 1. The second kappa shape index (κ2) is 7.36. The van der Waals surface area contributed by atoms with Crippen molar-refractivity contribution in [3.8, 4) is 11.3 Å². The Kier molecular flexibility index (Phi) is 4.77. The van der Waals surface area contributed by atoms with E-state index in [9.17, 15) is 9.18 Å². The van der Waals surface area contributed by atoms with E-state index in [2.05, 4.69) is 19.9 Å². The summed E-state index contributed by atoms with van der Waals surface area (Å²) in [6, 6.07) is 8.16. The van der Waals surface area contributed by atoms with Gasteiger partial charge in [-0.2, -0.15) is 0 Å². The molecule has 0 bridgehead atoms. The maximum Gasteiger partial charge on any atom is 0.153 e. The van der Waals surface area contributed by atoms with E-state index in [0.717, 1.165) is 25.9 Å². The van der Waals surface area contributed by atoms with Gasteiger partial charge in [-0.25, -0.2) is 19.3 Å². The molecule has 1 aromatic carbocycles. The van der Waals surface area contributed by atoms with Crippen molar-refractivity contribution >= 4 is 22.6 Å². The lowest BCUT2D eigenvalue weighted by atomic mass is 10.0. The molecular formula is C20H20FN5O. The van der Waals surface area contributed by atoms with Crippen LogP contribution in [0.4, 0.5) is 10.2 Å². The van der Waals surface area contributed by atoms with E-state index in [1.54, 1.807) is 18.2 Å². The number of benzene rings is 1. The summed E-state index contributed by atoms with van der Waals surface area (Å²) >= 11 is 0. The fraction of sp³-hybridized carbons (Fsp3) is 0.300. The zero-order valence-electron chi connectivity index (χ0n) is 14.9. The summed E-state index contributed by atoms with van der Waals surface area (Å²) in [5, 5.41) is 0. The topological polar surface area (TPSA) is 85.0 Å². The smallest absolute Gasteiger partial charge is 0.153 e. The van der Waals surface area contributed by atoms with Crippen LogP contribution in [0.15, 0.2) is 36.7 Å². The average molecular weight is 365 g/mol. The summed E-state index contributed by atoms with van der Waals surface area (Å²) in [7, 11) is 0. The minimum Gasteiger partial charge on any atom is -0.382 e. The minimum atomic E-state index is -0.393. The third-order valence-electron chi connectivity index (χ3n) is 4.76. The Morgan fingerprint density at radius 2 is 1.96 bits per heavy atom. The number of rotatable bonds is 5. The second-order valence-electron chi connectivity index (χ2n) is 6.87. The van der Waals surface area contributed by atoms with Crippen molar-refractivity contribution in [2.75, 3.05) is 25.4 Å². The third-order valence-corrected chi connectivity index (χ3v) is 4.76. The van der Waals surface area contributed by atoms with E-state index < -0.39 is 5.82 Å². The number of nitrogens with zero attached hydrogens (tertiary/aromatic N) is 4. The summed E-state index contributed by atoms with van der Waals surface area (Å²) in [6.07, 6.45) is 3.86. The summed E-state index contributed by atoms with van der Waals surface area (Å²) in [4.78, 5) is 27.0. The van der Waals surface area contributed by atoms with Crippen LogP contribution in [0.5, 0.6) is 0 Å². The molecular weight excluding hydrogens is 345 g/mol. The number of anilines is 1. The fourth-order valence-electron chi connectivity index (χ4n) is 3.49. The normalized spacial score (nSPS) is 14.7. The van der Waals surface area contributed by atoms with Crippen molar-refractivity contribution in [3.05, 3.63) is 48.0 Å². The number of ketones is 1. The third kappa shape index (κ3) is 3.93. The molecule has 1 fully saturated rings. The second-order valence-corrected chi connectivity index (χ2v) is 6.87. The molecule has 2 aromatic heterocycles. The number of nitrogens with two attached hydrogens (primary N) is 1. The lowest BCUT2D eigenvalue weighted by Gasteiger charge is -2.13. The van der Waals surface area contributed by atoms with Crippen LogP contribution < -0.4 is 5.73 Å². The highest BCUT2D eigenvalue weighted by Gasteiger charge is 2.16. The Balaban J connectivity index is 1.60. The van der Waals surface area contributed by atoms with E-state index in [-0.39, 0.29) is 18.0 Å². The van der Waals surface area contributed by atoms with Crippen molar-refractivity contribution < 1.29 is 9.18 Å². The van der Waals surface area contributed by atoms with Gasteiger partial charge in [0.15, 0.2) is 11.6 Å². The molecule has 1 aliphatic heterocycles. The molecule has 27 heavy (non-hydrogen) atoms. The number of aromatic nitrogens is 3. The number of likely N-dealkylation sites (tertiary alicyclic amines) is 1. The molecule has 0 saturated carbocycles. The molecule has 1 aliphatic rings. The molecule has 6 nitrogen and oxygen atoms in total. The number of carbonyl (C=O) groups is 1. The van der Waals surface area contributed by atoms with Gasteiger partial charge in [0.1, 0.15) is 17.7 Å². The number of hydrogen-bond donors (Lipinski definition) is 1. The van der Waals surface area contributed by atoms with Crippen LogP contribution in [-0.2, 0) is 11.2 Å². The summed E-state index contributed by atoms with van der Waals surface area (Å²) in [6.45, 7) is 2.35. The van der Waals surface area contributed by atoms with Crippen LogP contribution in [0.25, 0.3) is 22.3 Å². The predicted molar refractivity (Wildman–Crippen MR) is 102 cm³/mol. The predicted octanol–water partition coefficient (Wildman–Crippen LogP) is 2.62. The molecule has 7 heteroatoms. The molecule has 138 valence electrons. The van der Waals surface area contributed by atoms with Gasteiger partial charge in [-0.15, -0.1) is 0 Å². The average Bonchev–Trinajstić information content (AvgIpc) is 3.14. The highest BCUT2D eigenvalue weighted by Crippen LogP contribution is 2.24. The molecule has 0 spiro atoms. The van der Waals surface area contributed by atoms with Gasteiger partial charge in [0.2, 0.25) is 0 Å². The Labute approximate surface area is 156 Å². The first-order valence-corrected chi connectivity index (χ1v) is 8.99. The molecule has 1 saturated heterocycles. The highest BCUT2D eigenvalue weighted by atomic mass is 19.1. The molecule has 0 radical (unpaired) electrons. The largest absolute Gasteiger partial charge is 0.382 e. The van der Waals surface area contributed by atoms with Gasteiger partial charge in [-0.3, -0.25) is 9.69 Å². The van der Waals surface area contributed by atoms with Crippen LogP contribution in [-0.4, -0.2) is 45.3 Å². The van der Waals surface area contributed by atoms with Crippen molar-refractivity contribution in [2.45, 2.75) is 19.3 Å². The van der Waals surface area contributed by atoms with Gasteiger partial charge in [0, 0.05) is 12.0 Å². The minimum absolute atomic E-state index is 0.0950. The van der Waals surface area contributed by atoms with E-state index in [4.69, 9.17) is 5.73 Å². The molecule has 0 aliphatic carbocycles. The zero-order valence-corrected chi connectivity index (χ0v) is 14.9. The Hall–Kier alpha value is -2.93. The summed E-state index contributed by atoms with van der Waals surface area (Å²) in [5.74, 6) is -0.0208. The van der Waals surface area contributed by atoms with Crippen LogP contribution in [0, 0.1) is 5.82 Å². The van der Waals surface area contributed by atoms with E-state index >= 15 is 0 Å². The van der Waals surface area contributed by atoms with Gasteiger partial charge < -0.3 is 5.73 Å². The quantitative estimate of drug-likeness (QED) is 0.748. The zero-order chi connectivity index (χ0) is 18.8. The first-order chi connectivity index (χ1) is 13.1. The first-order valence-electron chi connectivity index (χ1n) is 8.99. The highest BCUT2D eigenvalue weighted by molar-refractivity contribution is 5.86. The number of pyridine rings is 1. The Bertz CT molecular complexity index is 1000. The van der Waals surface area contributed by atoms with Crippen molar-refractivity contribution in [1.82, 2.24) is 19.9 Å². The van der Waals surface area contributed by atoms with Gasteiger partial charge >= 0.3 is 0 Å². The standard InChI is InChI=1S/C20H20FN5O/c21-15-8-13(9-16(27)11-26-5-1-2-6-26)7-14(10-15)17-3-4-18-19(25-17)20(22)24-12-23-18/h3-4,7-8,10,12H,1-2,5-6,9,11H2,(H2,22,23,24). The lowest BCUT2D eigenvalue weighted by Crippen LogP contribution is -2.27. The SMILES string of the molecule is Nc1ncnc2ccc(-c3cc(F)cc(CC(=O)CN4CCCC4)c3)nc12. The van der Waals surface area contributed by atoms with E-state index in [0.29, 0.717) is 34.4 Å². The number of nitrogen functional groups attached to an aromatic ring is 1. The molecule has 2 N–H and O–H groups in total. The van der Waals surface area contributed by atoms with Gasteiger partial charge in [0.05, 0.1) is 17.8 Å². The van der Waals surface area contributed by atoms with Gasteiger partial charge in [-0.05, 0) is 61.8 Å². The molecule has 3 heterocycles. The molecule has 0 atom stereocenters. The van der Waals surface area contributed by atoms with Crippen LogP contribution >= 0.6 is 0 Å². The van der Waals surface area contributed by atoms with Gasteiger partial charge in [0.25, 0.3) is 0 Å². The molecule has 3 aromatic rings. The van der Waals surface area contributed by atoms with Crippen LogP contribution in [0.1, 0.15) is 18.4 Å². The molecule has 0 unspecified atom stereocenters. The molecule has 4 rings (SSSR count). The maximum absolute atomic E-state index is 14.2. The summed E-state index contributed by atoms with van der Waals surface area (Å²) in [5.41, 5.74) is 8.79. The molecule has 0 amide bonds. The van der Waals surface area contributed by atoms with E-state index in [1.165, 1.54) is 18.5 Å². The lowest BCUT2D eigenvalue weighted by molar-refractivity contribution is -0.119. The number of carbonyl (C=O) groups excluding carboxylic acids is 1. The number of hydrogen-bond acceptors (Lipinski definition) is 6. The number of Topliss-reactive ketones (excluding diaryl/α,β-unsaturated/α-hetero) is 1. The summed E-state index contributed by atoms with van der Waals surface area (Å²) < 4.78 is 14.2.